The largest absolute Gasteiger partial charge is 0.481 e. The second-order valence-electron chi connectivity index (χ2n) is 6.26. The molecule has 1 saturated heterocycles. The molecule has 2 aromatic rings. The van der Waals surface area contributed by atoms with Crippen molar-refractivity contribution in [2.75, 3.05) is 38.2 Å². The fourth-order valence-corrected chi connectivity index (χ4v) is 3.13. The number of piperazine rings is 1. The second-order valence-corrected chi connectivity index (χ2v) is 6.26. The Morgan fingerprint density at radius 3 is 2.56 bits per heavy atom. The smallest absolute Gasteiger partial charge is 0.247 e. The molecule has 8 nitrogen and oxygen atoms in total. The van der Waals surface area contributed by atoms with Crippen molar-refractivity contribution in [3.05, 3.63) is 29.7 Å². The van der Waals surface area contributed by atoms with Gasteiger partial charge in [0.15, 0.2) is 0 Å². The predicted molar refractivity (Wildman–Crippen MR) is 93.8 cm³/mol. The zero-order valence-corrected chi connectivity index (χ0v) is 15.1. The summed E-state index contributed by atoms with van der Waals surface area (Å²) in [4.78, 5) is 25.4. The average molecular weight is 344 g/mol. The van der Waals surface area contributed by atoms with Crippen molar-refractivity contribution >= 4 is 11.9 Å². The van der Waals surface area contributed by atoms with Crippen LogP contribution in [0.5, 0.6) is 5.88 Å². The lowest BCUT2D eigenvalue weighted by Gasteiger charge is -2.36. The van der Waals surface area contributed by atoms with Crippen molar-refractivity contribution < 1.29 is 9.53 Å². The molecule has 0 unspecified atom stereocenters. The summed E-state index contributed by atoms with van der Waals surface area (Å²) in [6.07, 6.45) is 1.68. The van der Waals surface area contributed by atoms with Gasteiger partial charge in [0.1, 0.15) is 6.04 Å². The van der Waals surface area contributed by atoms with E-state index in [1.165, 1.54) is 0 Å². The zero-order valence-electron chi connectivity index (χ0n) is 15.1. The first-order valence-corrected chi connectivity index (χ1v) is 8.43. The molecular formula is C17H24N6O2. The van der Waals surface area contributed by atoms with Crippen LogP contribution < -0.4 is 9.64 Å². The lowest BCUT2D eigenvalue weighted by molar-refractivity contribution is -0.134. The van der Waals surface area contributed by atoms with Crippen LogP contribution in [0.3, 0.4) is 0 Å². The van der Waals surface area contributed by atoms with Gasteiger partial charge in [-0.2, -0.15) is 10.1 Å². The highest BCUT2D eigenvalue weighted by Crippen LogP contribution is 2.18. The first-order valence-electron chi connectivity index (χ1n) is 8.43. The highest BCUT2D eigenvalue weighted by molar-refractivity contribution is 5.80. The van der Waals surface area contributed by atoms with Gasteiger partial charge in [0.2, 0.25) is 17.7 Å². The lowest BCUT2D eigenvalue weighted by Crippen LogP contribution is -2.50. The Morgan fingerprint density at radius 2 is 1.96 bits per heavy atom. The van der Waals surface area contributed by atoms with Gasteiger partial charge in [-0.15, -0.1) is 0 Å². The number of rotatable bonds is 4. The summed E-state index contributed by atoms with van der Waals surface area (Å²) in [5.41, 5.74) is 1.93. The summed E-state index contributed by atoms with van der Waals surface area (Å²) in [7, 11) is 1.59. The van der Waals surface area contributed by atoms with Crippen LogP contribution in [0.25, 0.3) is 0 Å². The summed E-state index contributed by atoms with van der Waals surface area (Å²) < 4.78 is 6.95. The number of hydrogen-bond acceptors (Lipinski definition) is 6. The molecule has 1 aliphatic heterocycles. The first-order chi connectivity index (χ1) is 12.0. The fraction of sp³-hybridized carbons (Fsp3) is 0.529. The van der Waals surface area contributed by atoms with Crippen molar-refractivity contribution in [2.45, 2.75) is 26.8 Å². The van der Waals surface area contributed by atoms with Crippen LogP contribution in [-0.4, -0.2) is 63.8 Å². The number of nitrogens with zero attached hydrogens (tertiary/aromatic N) is 6. The van der Waals surface area contributed by atoms with E-state index in [-0.39, 0.29) is 11.9 Å². The van der Waals surface area contributed by atoms with Gasteiger partial charge in [0.05, 0.1) is 12.8 Å². The van der Waals surface area contributed by atoms with Crippen LogP contribution in [-0.2, 0) is 4.79 Å². The van der Waals surface area contributed by atoms with Crippen LogP contribution in [0.15, 0.2) is 18.3 Å². The predicted octanol–water partition coefficient (Wildman–Crippen LogP) is 1.21. The Bertz CT molecular complexity index is 751. The Labute approximate surface area is 147 Å². The number of amides is 1. The normalized spacial score (nSPS) is 16.0. The minimum atomic E-state index is -0.298. The third kappa shape index (κ3) is 3.57. The zero-order chi connectivity index (χ0) is 18.0. The molecule has 1 atom stereocenters. The number of methoxy groups -OCH3 is 1. The van der Waals surface area contributed by atoms with Gasteiger partial charge in [-0.3, -0.25) is 9.48 Å². The topological polar surface area (TPSA) is 76.4 Å². The Hall–Kier alpha value is -2.64. The molecule has 0 spiro atoms. The third-order valence-corrected chi connectivity index (χ3v) is 4.47. The number of carbonyl (C=O) groups is 1. The van der Waals surface area contributed by atoms with Crippen LogP contribution in [0.2, 0.25) is 0 Å². The SMILES string of the molecule is COc1ccnc(N2CCN(C(=O)[C@H](C)n3nc(C)cc3C)CC2)n1. The number of hydrogen-bond donors (Lipinski definition) is 0. The van der Waals surface area contributed by atoms with E-state index in [1.807, 2.05) is 31.7 Å². The van der Waals surface area contributed by atoms with Crippen molar-refractivity contribution in [3.8, 4) is 5.88 Å². The maximum Gasteiger partial charge on any atom is 0.247 e. The van der Waals surface area contributed by atoms with Gasteiger partial charge in [-0.1, -0.05) is 0 Å². The Balaban J connectivity index is 1.63. The lowest BCUT2D eigenvalue weighted by atomic mass is 10.2. The minimum absolute atomic E-state index is 0.0948. The molecule has 1 aliphatic rings. The van der Waals surface area contributed by atoms with E-state index in [9.17, 15) is 4.79 Å². The number of ether oxygens (including phenoxy) is 1. The van der Waals surface area contributed by atoms with E-state index in [0.717, 1.165) is 11.4 Å². The van der Waals surface area contributed by atoms with E-state index < -0.39 is 0 Å². The van der Waals surface area contributed by atoms with E-state index in [4.69, 9.17) is 4.74 Å². The van der Waals surface area contributed by atoms with Gasteiger partial charge in [-0.25, -0.2) is 4.98 Å². The van der Waals surface area contributed by atoms with Crippen LogP contribution >= 0.6 is 0 Å². The molecule has 134 valence electrons. The maximum atomic E-state index is 12.8. The molecule has 3 rings (SSSR count). The number of aromatic nitrogens is 4. The quantitative estimate of drug-likeness (QED) is 0.830. The average Bonchev–Trinajstić information content (AvgIpc) is 2.99. The van der Waals surface area contributed by atoms with Crippen molar-refractivity contribution in [3.63, 3.8) is 0 Å². The molecule has 2 aromatic heterocycles. The number of anilines is 1. The number of aryl methyl sites for hydroxylation is 2. The highest BCUT2D eigenvalue weighted by atomic mass is 16.5. The Morgan fingerprint density at radius 1 is 1.24 bits per heavy atom. The molecule has 0 aromatic carbocycles. The Kier molecular flexibility index (Phi) is 4.87. The van der Waals surface area contributed by atoms with Crippen molar-refractivity contribution in [2.24, 2.45) is 0 Å². The molecule has 1 fully saturated rings. The van der Waals surface area contributed by atoms with Gasteiger partial charge in [0, 0.05) is 44.1 Å². The van der Waals surface area contributed by atoms with Crippen LogP contribution in [0, 0.1) is 13.8 Å². The molecule has 0 aliphatic carbocycles. The van der Waals surface area contributed by atoms with Gasteiger partial charge in [-0.05, 0) is 26.8 Å². The van der Waals surface area contributed by atoms with E-state index in [0.29, 0.717) is 38.0 Å². The standard InChI is InChI=1S/C17H24N6O2/c1-12-11-13(2)23(20-12)14(3)16(24)21-7-9-22(10-8-21)17-18-6-5-15(19-17)25-4/h5-6,11,14H,7-10H2,1-4H3/t14-/m0/s1. The summed E-state index contributed by atoms with van der Waals surface area (Å²) in [6, 6.07) is 3.41. The first kappa shape index (κ1) is 17.2. The van der Waals surface area contributed by atoms with Crippen LogP contribution in [0.1, 0.15) is 24.4 Å². The maximum absolute atomic E-state index is 12.8. The third-order valence-electron chi connectivity index (χ3n) is 4.47. The summed E-state index contributed by atoms with van der Waals surface area (Å²) in [5, 5.41) is 4.43. The second kappa shape index (κ2) is 7.08. The summed E-state index contributed by atoms with van der Waals surface area (Å²) >= 11 is 0. The van der Waals surface area contributed by atoms with Gasteiger partial charge in [0.25, 0.3) is 0 Å². The van der Waals surface area contributed by atoms with Gasteiger partial charge >= 0.3 is 0 Å². The molecular weight excluding hydrogens is 320 g/mol. The minimum Gasteiger partial charge on any atom is -0.481 e. The highest BCUT2D eigenvalue weighted by Gasteiger charge is 2.27. The summed E-state index contributed by atoms with van der Waals surface area (Å²) in [5.74, 6) is 1.28. The molecule has 0 saturated carbocycles. The fourth-order valence-electron chi connectivity index (χ4n) is 3.13. The molecule has 0 radical (unpaired) electrons. The van der Waals surface area contributed by atoms with E-state index in [1.54, 1.807) is 24.1 Å². The molecule has 0 bridgehead atoms. The molecule has 0 N–H and O–H groups in total. The van der Waals surface area contributed by atoms with Crippen LogP contribution in [0.4, 0.5) is 5.95 Å². The molecule has 8 heteroatoms. The number of carbonyl (C=O) groups excluding carboxylic acids is 1. The monoisotopic (exact) mass is 344 g/mol. The summed E-state index contributed by atoms with van der Waals surface area (Å²) in [6.45, 7) is 8.49. The van der Waals surface area contributed by atoms with Crippen molar-refractivity contribution in [1.29, 1.82) is 0 Å². The van der Waals surface area contributed by atoms with E-state index in [2.05, 4.69) is 20.0 Å². The van der Waals surface area contributed by atoms with Crippen molar-refractivity contribution in [1.82, 2.24) is 24.6 Å². The molecule has 3 heterocycles. The van der Waals surface area contributed by atoms with Gasteiger partial charge < -0.3 is 14.5 Å². The molecule has 1 amide bonds. The van der Waals surface area contributed by atoms with E-state index >= 15 is 0 Å². The molecule has 25 heavy (non-hydrogen) atoms.